The van der Waals surface area contributed by atoms with Gasteiger partial charge in [0.15, 0.2) is 0 Å². The van der Waals surface area contributed by atoms with Gasteiger partial charge >= 0.3 is 0 Å². The maximum absolute atomic E-state index is 10.9. The molecule has 6 nitrogen and oxygen atoms in total. The van der Waals surface area contributed by atoms with E-state index < -0.39 is 4.92 Å². The van der Waals surface area contributed by atoms with Crippen molar-refractivity contribution in [1.82, 2.24) is 9.97 Å². The predicted octanol–water partition coefficient (Wildman–Crippen LogP) is 5.02. The molecule has 3 aromatic carbocycles. The second kappa shape index (κ2) is 6.76. The van der Waals surface area contributed by atoms with E-state index >= 15 is 0 Å². The first-order valence-corrected chi connectivity index (χ1v) is 8.31. The molecule has 0 amide bonds. The Bertz CT molecular complexity index is 1100. The Morgan fingerprint density at radius 2 is 1.56 bits per heavy atom. The Balaban J connectivity index is 1.87. The van der Waals surface area contributed by atoms with E-state index in [2.05, 4.69) is 4.98 Å². The Hall–Kier alpha value is -3.93. The zero-order valence-electron chi connectivity index (χ0n) is 14.2. The minimum absolute atomic E-state index is 0.0349. The van der Waals surface area contributed by atoms with Crippen LogP contribution in [0.3, 0.4) is 0 Å². The number of imidazole rings is 1. The summed E-state index contributed by atoms with van der Waals surface area (Å²) in [4.78, 5) is 18.5. The summed E-state index contributed by atoms with van der Waals surface area (Å²) in [5, 5.41) is 20.7. The van der Waals surface area contributed by atoms with Crippen LogP contribution in [0.1, 0.15) is 0 Å². The number of aromatic amines is 1. The summed E-state index contributed by atoms with van der Waals surface area (Å²) in [6, 6.07) is 22.9. The van der Waals surface area contributed by atoms with E-state index in [4.69, 9.17) is 4.98 Å². The number of non-ortho nitro benzene ring substituents is 1. The van der Waals surface area contributed by atoms with Gasteiger partial charge in [-0.1, -0.05) is 42.5 Å². The van der Waals surface area contributed by atoms with E-state index in [9.17, 15) is 15.2 Å². The molecule has 0 fully saturated rings. The summed E-state index contributed by atoms with van der Waals surface area (Å²) >= 11 is 0. The number of aromatic nitrogens is 2. The highest BCUT2D eigenvalue weighted by Crippen LogP contribution is 2.34. The molecular weight excluding hydrogens is 342 g/mol. The lowest BCUT2D eigenvalue weighted by Gasteiger charge is -2.03. The predicted molar refractivity (Wildman–Crippen MR) is 103 cm³/mol. The van der Waals surface area contributed by atoms with Crippen molar-refractivity contribution >= 4 is 5.69 Å². The van der Waals surface area contributed by atoms with Gasteiger partial charge in [0.1, 0.15) is 11.6 Å². The van der Waals surface area contributed by atoms with Gasteiger partial charge in [-0.15, -0.1) is 0 Å². The van der Waals surface area contributed by atoms with Crippen molar-refractivity contribution in [3.63, 3.8) is 0 Å². The van der Waals surface area contributed by atoms with Gasteiger partial charge in [-0.2, -0.15) is 0 Å². The molecule has 1 heterocycles. The number of phenolic OH excluding ortho intramolecular Hbond substituents is 1. The third-order valence-corrected chi connectivity index (χ3v) is 4.24. The number of phenols is 1. The molecule has 0 aliphatic rings. The van der Waals surface area contributed by atoms with E-state index in [0.717, 1.165) is 28.1 Å². The quantitative estimate of drug-likeness (QED) is 0.396. The van der Waals surface area contributed by atoms with Crippen LogP contribution in [-0.2, 0) is 0 Å². The smallest absolute Gasteiger partial charge is 0.269 e. The van der Waals surface area contributed by atoms with Gasteiger partial charge in [0.25, 0.3) is 5.69 Å². The van der Waals surface area contributed by atoms with Crippen molar-refractivity contribution in [1.29, 1.82) is 0 Å². The summed E-state index contributed by atoms with van der Waals surface area (Å²) in [5.41, 5.74) is 4.00. The molecule has 0 saturated heterocycles. The molecule has 6 heteroatoms. The van der Waals surface area contributed by atoms with Crippen LogP contribution in [-0.4, -0.2) is 20.0 Å². The highest BCUT2D eigenvalue weighted by molar-refractivity contribution is 5.81. The Labute approximate surface area is 154 Å². The van der Waals surface area contributed by atoms with Crippen LogP contribution in [0.15, 0.2) is 78.9 Å². The van der Waals surface area contributed by atoms with E-state index in [0.29, 0.717) is 5.82 Å². The summed E-state index contributed by atoms with van der Waals surface area (Å²) in [6.45, 7) is 0. The van der Waals surface area contributed by atoms with Gasteiger partial charge in [0.2, 0.25) is 0 Å². The summed E-state index contributed by atoms with van der Waals surface area (Å²) in [6.07, 6.45) is 0. The fraction of sp³-hybridized carbons (Fsp3) is 0. The van der Waals surface area contributed by atoms with Crippen molar-refractivity contribution in [3.05, 3.63) is 89.0 Å². The van der Waals surface area contributed by atoms with Crippen LogP contribution in [0, 0.1) is 10.1 Å². The lowest BCUT2D eigenvalue weighted by molar-refractivity contribution is -0.384. The average Bonchev–Trinajstić information content (AvgIpc) is 3.14. The standard InChI is InChI=1S/C21H15N3O3/c25-18-8-4-7-16(13-18)21-22-19(14-5-2-1-3-6-14)20(23-21)15-9-11-17(12-10-15)24(26)27/h1-13,25H,(H,22,23). The number of hydrogen-bond donors (Lipinski definition) is 2. The van der Waals surface area contributed by atoms with Gasteiger partial charge in [0.05, 0.1) is 16.3 Å². The molecule has 27 heavy (non-hydrogen) atoms. The van der Waals surface area contributed by atoms with E-state index in [1.165, 1.54) is 12.1 Å². The number of nitro benzene ring substituents is 1. The average molecular weight is 357 g/mol. The lowest BCUT2D eigenvalue weighted by Crippen LogP contribution is -1.88. The lowest BCUT2D eigenvalue weighted by atomic mass is 10.0. The maximum atomic E-state index is 10.9. The maximum Gasteiger partial charge on any atom is 0.269 e. The summed E-state index contributed by atoms with van der Waals surface area (Å²) in [7, 11) is 0. The van der Waals surface area contributed by atoms with Crippen LogP contribution >= 0.6 is 0 Å². The number of hydrogen-bond acceptors (Lipinski definition) is 4. The molecule has 4 rings (SSSR count). The molecule has 0 atom stereocenters. The third-order valence-electron chi connectivity index (χ3n) is 4.24. The number of benzene rings is 3. The van der Waals surface area contributed by atoms with Gasteiger partial charge in [-0.05, 0) is 24.3 Å². The summed E-state index contributed by atoms with van der Waals surface area (Å²) < 4.78 is 0. The molecule has 0 aliphatic carbocycles. The fourth-order valence-corrected chi connectivity index (χ4v) is 2.93. The van der Waals surface area contributed by atoms with Crippen molar-refractivity contribution in [2.24, 2.45) is 0 Å². The molecule has 1 aromatic heterocycles. The molecule has 4 aromatic rings. The van der Waals surface area contributed by atoms with Gasteiger partial charge < -0.3 is 10.1 Å². The van der Waals surface area contributed by atoms with Gasteiger partial charge in [-0.25, -0.2) is 4.98 Å². The molecule has 0 unspecified atom stereocenters. The fourth-order valence-electron chi connectivity index (χ4n) is 2.93. The van der Waals surface area contributed by atoms with Crippen molar-refractivity contribution < 1.29 is 10.0 Å². The first-order valence-electron chi connectivity index (χ1n) is 8.31. The zero-order valence-corrected chi connectivity index (χ0v) is 14.2. The number of nitrogens with one attached hydrogen (secondary N) is 1. The Morgan fingerprint density at radius 1 is 0.852 bits per heavy atom. The normalized spacial score (nSPS) is 10.7. The SMILES string of the molecule is O=[N+]([O-])c1ccc(-c2[nH]c(-c3cccc(O)c3)nc2-c2ccccc2)cc1. The van der Waals surface area contributed by atoms with Crippen molar-refractivity contribution in [3.8, 4) is 39.7 Å². The molecule has 0 spiro atoms. The van der Waals surface area contributed by atoms with Crippen LogP contribution in [0.25, 0.3) is 33.9 Å². The van der Waals surface area contributed by atoms with Crippen LogP contribution in [0.4, 0.5) is 5.69 Å². The summed E-state index contributed by atoms with van der Waals surface area (Å²) in [5.74, 6) is 0.764. The van der Waals surface area contributed by atoms with Crippen molar-refractivity contribution in [2.45, 2.75) is 0 Å². The van der Waals surface area contributed by atoms with E-state index in [1.807, 2.05) is 36.4 Å². The highest BCUT2D eigenvalue weighted by Gasteiger charge is 2.16. The number of nitrogens with zero attached hydrogens (tertiary/aromatic N) is 2. The molecule has 2 N–H and O–H groups in total. The Morgan fingerprint density at radius 3 is 2.22 bits per heavy atom. The minimum atomic E-state index is -0.424. The van der Waals surface area contributed by atoms with Crippen LogP contribution < -0.4 is 0 Å². The molecule has 0 bridgehead atoms. The second-order valence-corrected chi connectivity index (χ2v) is 6.03. The highest BCUT2D eigenvalue weighted by atomic mass is 16.6. The molecular formula is C21H15N3O3. The Kier molecular flexibility index (Phi) is 4.14. The number of rotatable bonds is 4. The molecule has 0 aliphatic heterocycles. The number of nitro groups is 1. The molecule has 0 saturated carbocycles. The third kappa shape index (κ3) is 3.28. The molecule has 132 valence electrons. The monoisotopic (exact) mass is 357 g/mol. The van der Waals surface area contributed by atoms with E-state index in [1.54, 1.807) is 30.3 Å². The largest absolute Gasteiger partial charge is 0.508 e. The zero-order chi connectivity index (χ0) is 18.8. The minimum Gasteiger partial charge on any atom is -0.508 e. The van der Waals surface area contributed by atoms with E-state index in [-0.39, 0.29) is 11.4 Å². The van der Waals surface area contributed by atoms with Crippen molar-refractivity contribution in [2.75, 3.05) is 0 Å². The first-order chi connectivity index (χ1) is 13.1. The first kappa shape index (κ1) is 16.5. The van der Waals surface area contributed by atoms with Crippen LogP contribution in [0.5, 0.6) is 5.75 Å². The van der Waals surface area contributed by atoms with Crippen LogP contribution in [0.2, 0.25) is 0 Å². The number of H-pyrrole nitrogens is 1. The molecule has 0 radical (unpaired) electrons. The van der Waals surface area contributed by atoms with Gasteiger partial charge in [-0.3, -0.25) is 10.1 Å². The number of aromatic hydroxyl groups is 1. The van der Waals surface area contributed by atoms with Gasteiger partial charge in [0, 0.05) is 28.8 Å². The topological polar surface area (TPSA) is 92.0 Å². The second-order valence-electron chi connectivity index (χ2n) is 6.03.